The first-order chi connectivity index (χ1) is 8.58. The maximum absolute atomic E-state index is 13.4. The number of hydrogen-bond acceptors (Lipinski definition) is 1. The largest absolute Gasteiger partial charge is 0.319 e. The lowest BCUT2D eigenvalue weighted by atomic mass is 10.1. The van der Waals surface area contributed by atoms with E-state index in [-0.39, 0.29) is 11.6 Å². The highest BCUT2D eigenvalue weighted by molar-refractivity contribution is 9.10. The van der Waals surface area contributed by atoms with Crippen molar-refractivity contribution in [3.8, 4) is 0 Å². The molecule has 0 bridgehead atoms. The lowest BCUT2D eigenvalue weighted by molar-refractivity contribution is 0.102. The first-order valence-electron chi connectivity index (χ1n) is 5.40. The first kappa shape index (κ1) is 12.8. The SMILES string of the molecule is Cc1ccc(Br)c(C(=O)Nc2ccccc2F)c1. The molecule has 0 saturated heterocycles. The Morgan fingerprint density at radius 3 is 2.67 bits per heavy atom. The standard InChI is InChI=1S/C14H11BrFNO/c1-9-6-7-11(15)10(8-9)14(18)17-13-5-3-2-4-12(13)16/h2-8H,1H3,(H,17,18). The van der Waals surface area contributed by atoms with E-state index in [0.717, 1.165) is 5.56 Å². The van der Waals surface area contributed by atoms with E-state index >= 15 is 0 Å². The summed E-state index contributed by atoms with van der Waals surface area (Å²) in [7, 11) is 0. The van der Waals surface area contributed by atoms with Crippen LogP contribution in [0.1, 0.15) is 15.9 Å². The minimum atomic E-state index is -0.449. The summed E-state index contributed by atoms with van der Waals surface area (Å²) in [6, 6.07) is 11.5. The zero-order valence-electron chi connectivity index (χ0n) is 9.71. The summed E-state index contributed by atoms with van der Waals surface area (Å²) in [5.74, 6) is -0.787. The van der Waals surface area contributed by atoms with Gasteiger partial charge >= 0.3 is 0 Å². The van der Waals surface area contributed by atoms with Crippen LogP contribution in [0, 0.1) is 12.7 Å². The van der Waals surface area contributed by atoms with E-state index in [4.69, 9.17) is 0 Å². The predicted octanol–water partition coefficient (Wildman–Crippen LogP) is 4.15. The number of carbonyl (C=O) groups excluding carboxylic acids is 1. The van der Waals surface area contributed by atoms with Gasteiger partial charge in [-0.05, 0) is 47.1 Å². The minimum absolute atomic E-state index is 0.177. The Morgan fingerprint density at radius 1 is 1.22 bits per heavy atom. The molecule has 0 spiro atoms. The second kappa shape index (κ2) is 5.31. The monoisotopic (exact) mass is 307 g/mol. The molecule has 0 saturated carbocycles. The van der Waals surface area contributed by atoms with E-state index in [1.165, 1.54) is 12.1 Å². The fraction of sp³-hybridized carbons (Fsp3) is 0.0714. The molecule has 2 rings (SSSR count). The van der Waals surface area contributed by atoms with Crippen molar-refractivity contribution in [3.05, 3.63) is 63.9 Å². The summed E-state index contributed by atoms with van der Waals surface area (Å²) >= 11 is 3.31. The third-order valence-corrected chi connectivity index (χ3v) is 3.18. The second-order valence-corrected chi connectivity index (χ2v) is 4.77. The van der Waals surface area contributed by atoms with E-state index < -0.39 is 5.82 Å². The summed E-state index contributed by atoms with van der Waals surface area (Å²) in [5, 5.41) is 2.55. The van der Waals surface area contributed by atoms with E-state index in [9.17, 15) is 9.18 Å². The molecule has 0 fully saturated rings. The van der Waals surface area contributed by atoms with Crippen molar-refractivity contribution in [2.45, 2.75) is 6.92 Å². The van der Waals surface area contributed by atoms with Crippen molar-refractivity contribution in [1.29, 1.82) is 0 Å². The van der Waals surface area contributed by atoms with Gasteiger partial charge in [-0.3, -0.25) is 4.79 Å². The Balaban J connectivity index is 2.28. The van der Waals surface area contributed by atoms with Crippen molar-refractivity contribution in [2.75, 3.05) is 5.32 Å². The molecule has 2 nitrogen and oxygen atoms in total. The summed E-state index contributed by atoms with van der Waals surface area (Å²) in [6.45, 7) is 1.90. The lowest BCUT2D eigenvalue weighted by Gasteiger charge is -2.08. The van der Waals surface area contributed by atoms with Gasteiger partial charge in [0.1, 0.15) is 5.82 Å². The third-order valence-electron chi connectivity index (χ3n) is 2.49. The highest BCUT2D eigenvalue weighted by Crippen LogP contribution is 2.20. The maximum Gasteiger partial charge on any atom is 0.256 e. The van der Waals surface area contributed by atoms with Crippen LogP contribution in [-0.4, -0.2) is 5.91 Å². The molecule has 0 atom stereocenters. The number of carbonyl (C=O) groups is 1. The highest BCUT2D eigenvalue weighted by atomic mass is 79.9. The van der Waals surface area contributed by atoms with Gasteiger partial charge < -0.3 is 5.32 Å². The van der Waals surface area contributed by atoms with Crippen LogP contribution in [0.25, 0.3) is 0 Å². The normalized spacial score (nSPS) is 10.2. The van der Waals surface area contributed by atoms with Crippen molar-refractivity contribution in [2.24, 2.45) is 0 Å². The number of amides is 1. The summed E-state index contributed by atoms with van der Waals surface area (Å²) in [6.07, 6.45) is 0. The van der Waals surface area contributed by atoms with Gasteiger partial charge in [0.05, 0.1) is 11.3 Å². The number of hydrogen-bond donors (Lipinski definition) is 1. The molecule has 0 aromatic heterocycles. The van der Waals surface area contributed by atoms with Crippen LogP contribution in [0.4, 0.5) is 10.1 Å². The number of rotatable bonds is 2. The van der Waals surface area contributed by atoms with Crippen LogP contribution in [-0.2, 0) is 0 Å². The molecule has 0 radical (unpaired) electrons. The van der Waals surface area contributed by atoms with E-state index in [1.54, 1.807) is 24.3 Å². The molecular formula is C14H11BrFNO. The quantitative estimate of drug-likeness (QED) is 0.887. The van der Waals surface area contributed by atoms with Gasteiger partial charge in [-0.1, -0.05) is 23.8 Å². The van der Waals surface area contributed by atoms with Gasteiger partial charge in [0.2, 0.25) is 0 Å². The molecule has 0 unspecified atom stereocenters. The highest BCUT2D eigenvalue weighted by Gasteiger charge is 2.12. The number of anilines is 1. The Morgan fingerprint density at radius 2 is 1.94 bits per heavy atom. The third kappa shape index (κ3) is 2.76. The number of benzene rings is 2. The number of aryl methyl sites for hydroxylation is 1. The molecule has 0 heterocycles. The molecule has 0 aliphatic heterocycles. The molecular weight excluding hydrogens is 297 g/mol. The van der Waals surface area contributed by atoms with Crippen LogP contribution in [0.5, 0.6) is 0 Å². The van der Waals surface area contributed by atoms with Crippen LogP contribution < -0.4 is 5.32 Å². The predicted molar refractivity (Wildman–Crippen MR) is 73.2 cm³/mol. The lowest BCUT2D eigenvalue weighted by Crippen LogP contribution is -2.13. The molecule has 0 aliphatic carbocycles. The Labute approximate surface area is 113 Å². The van der Waals surface area contributed by atoms with Crippen LogP contribution in [0.3, 0.4) is 0 Å². The molecule has 92 valence electrons. The maximum atomic E-state index is 13.4. The van der Waals surface area contributed by atoms with Gasteiger partial charge in [0.15, 0.2) is 0 Å². The van der Waals surface area contributed by atoms with Gasteiger partial charge in [-0.2, -0.15) is 0 Å². The zero-order valence-corrected chi connectivity index (χ0v) is 11.3. The van der Waals surface area contributed by atoms with Gasteiger partial charge in [0.25, 0.3) is 5.91 Å². The van der Waals surface area contributed by atoms with Crippen molar-refractivity contribution < 1.29 is 9.18 Å². The average molecular weight is 308 g/mol. The van der Waals surface area contributed by atoms with E-state index in [0.29, 0.717) is 10.0 Å². The number of para-hydroxylation sites is 1. The van der Waals surface area contributed by atoms with Crippen LogP contribution in [0.2, 0.25) is 0 Å². The van der Waals surface area contributed by atoms with Crippen molar-refractivity contribution in [3.63, 3.8) is 0 Å². The number of nitrogens with one attached hydrogen (secondary N) is 1. The van der Waals surface area contributed by atoms with Crippen molar-refractivity contribution >= 4 is 27.5 Å². The van der Waals surface area contributed by atoms with Gasteiger partial charge in [-0.15, -0.1) is 0 Å². The molecule has 2 aromatic rings. The topological polar surface area (TPSA) is 29.1 Å². The van der Waals surface area contributed by atoms with Gasteiger partial charge in [0, 0.05) is 4.47 Å². The Hall–Kier alpha value is -1.68. The average Bonchev–Trinajstić information content (AvgIpc) is 2.35. The van der Waals surface area contributed by atoms with Gasteiger partial charge in [-0.25, -0.2) is 4.39 Å². The summed E-state index contributed by atoms with van der Waals surface area (Å²) < 4.78 is 14.1. The zero-order chi connectivity index (χ0) is 13.1. The Bertz CT molecular complexity index is 598. The molecule has 1 amide bonds. The first-order valence-corrected chi connectivity index (χ1v) is 6.19. The number of halogens is 2. The fourth-order valence-corrected chi connectivity index (χ4v) is 1.99. The summed E-state index contributed by atoms with van der Waals surface area (Å²) in [5.41, 5.74) is 1.63. The fourth-order valence-electron chi connectivity index (χ4n) is 1.57. The molecule has 4 heteroatoms. The van der Waals surface area contributed by atoms with Crippen molar-refractivity contribution in [1.82, 2.24) is 0 Å². The van der Waals surface area contributed by atoms with E-state index in [1.807, 2.05) is 13.0 Å². The summed E-state index contributed by atoms with van der Waals surface area (Å²) in [4.78, 5) is 12.0. The minimum Gasteiger partial charge on any atom is -0.319 e. The Kier molecular flexibility index (Phi) is 3.77. The van der Waals surface area contributed by atoms with Crippen LogP contribution in [0.15, 0.2) is 46.9 Å². The molecule has 1 N–H and O–H groups in total. The molecule has 2 aromatic carbocycles. The van der Waals surface area contributed by atoms with Crippen LogP contribution >= 0.6 is 15.9 Å². The molecule has 18 heavy (non-hydrogen) atoms. The van der Waals surface area contributed by atoms with E-state index in [2.05, 4.69) is 21.2 Å². The second-order valence-electron chi connectivity index (χ2n) is 3.92. The smallest absolute Gasteiger partial charge is 0.256 e. The molecule has 0 aliphatic rings.